The van der Waals surface area contributed by atoms with E-state index < -0.39 is 10.0 Å². The maximum absolute atomic E-state index is 12.0. The van der Waals surface area contributed by atoms with Gasteiger partial charge in [0, 0.05) is 37.7 Å². The lowest BCUT2D eigenvalue weighted by Gasteiger charge is -2.34. The normalized spacial score (nSPS) is 29.7. The summed E-state index contributed by atoms with van der Waals surface area (Å²) >= 11 is 0. The molecule has 2 fully saturated rings. The number of sulfonamides is 1. The molecule has 3 atom stereocenters. The van der Waals surface area contributed by atoms with E-state index >= 15 is 0 Å². The molecule has 0 spiro atoms. The monoisotopic (exact) mass is 326 g/mol. The average molecular weight is 326 g/mol. The van der Waals surface area contributed by atoms with E-state index in [1.165, 1.54) is 12.6 Å². The van der Waals surface area contributed by atoms with E-state index in [9.17, 15) is 8.42 Å². The molecule has 0 N–H and O–H groups in total. The zero-order chi connectivity index (χ0) is 15.7. The van der Waals surface area contributed by atoms with Crippen LogP contribution in [0.2, 0.25) is 0 Å². The van der Waals surface area contributed by atoms with Crippen LogP contribution >= 0.6 is 0 Å². The van der Waals surface area contributed by atoms with Gasteiger partial charge in [0.25, 0.3) is 0 Å². The van der Waals surface area contributed by atoms with E-state index in [0.29, 0.717) is 19.7 Å². The summed E-state index contributed by atoms with van der Waals surface area (Å²) in [6.07, 6.45) is 8.08. The van der Waals surface area contributed by atoms with Crippen LogP contribution in [0.1, 0.15) is 18.4 Å². The van der Waals surface area contributed by atoms with E-state index in [4.69, 9.17) is 4.74 Å². The highest BCUT2D eigenvalue weighted by Crippen LogP contribution is 2.33. The number of ether oxygens (including phenoxy) is 1. The SMILES string of the molecule is CN(Cc1cncnc1)[C@H]1CN(S(C)(=O)=O)[C@H]2CCCO[C@@H]12. The molecule has 1 aromatic rings. The fourth-order valence-corrected chi connectivity index (χ4v) is 4.62. The molecule has 0 saturated carbocycles. The minimum atomic E-state index is -3.21. The van der Waals surface area contributed by atoms with E-state index in [1.807, 2.05) is 7.05 Å². The molecular weight excluding hydrogens is 304 g/mol. The zero-order valence-corrected chi connectivity index (χ0v) is 13.7. The van der Waals surface area contributed by atoms with Gasteiger partial charge in [-0.15, -0.1) is 0 Å². The lowest BCUT2D eigenvalue weighted by molar-refractivity contribution is -0.0317. The fraction of sp³-hybridized carbons (Fsp3) is 0.714. The molecule has 8 heteroatoms. The van der Waals surface area contributed by atoms with Crippen LogP contribution < -0.4 is 0 Å². The highest BCUT2D eigenvalue weighted by Gasteiger charge is 2.48. The molecule has 122 valence electrons. The molecule has 0 aliphatic carbocycles. The molecule has 0 amide bonds. The molecule has 2 aliphatic rings. The van der Waals surface area contributed by atoms with Crippen LogP contribution in [0.15, 0.2) is 18.7 Å². The van der Waals surface area contributed by atoms with Crippen molar-refractivity contribution in [3.05, 3.63) is 24.3 Å². The number of likely N-dealkylation sites (N-methyl/N-ethyl adjacent to an activating group) is 1. The summed E-state index contributed by atoms with van der Waals surface area (Å²) in [5, 5.41) is 0. The number of aromatic nitrogens is 2. The van der Waals surface area contributed by atoms with Gasteiger partial charge in [-0.25, -0.2) is 18.4 Å². The Labute approximate surface area is 131 Å². The highest BCUT2D eigenvalue weighted by atomic mass is 32.2. The standard InChI is InChI=1S/C14H22N4O3S/c1-17(8-11-6-15-10-16-7-11)13-9-18(22(2,19)20)12-4-3-5-21-14(12)13/h6-7,10,12-14H,3-5,8-9H2,1-2H3/t12-,13-,14+/m0/s1. The Morgan fingerprint density at radius 3 is 2.82 bits per heavy atom. The summed E-state index contributed by atoms with van der Waals surface area (Å²) in [6, 6.07) is 0.0171. The summed E-state index contributed by atoms with van der Waals surface area (Å²) in [5.74, 6) is 0. The third-order valence-electron chi connectivity index (χ3n) is 4.49. The van der Waals surface area contributed by atoms with Crippen molar-refractivity contribution in [2.24, 2.45) is 0 Å². The minimum Gasteiger partial charge on any atom is -0.375 e. The van der Waals surface area contributed by atoms with Crippen LogP contribution in [0, 0.1) is 0 Å². The average Bonchev–Trinajstić information content (AvgIpc) is 2.88. The molecule has 3 heterocycles. The van der Waals surface area contributed by atoms with Crippen molar-refractivity contribution >= 4 is 10.0 Å². The van der Waals surface area contributed by atoms with Gasteiger partial charge in [0.1, 0.15) is 6.33 Å². The van der Waals surface area contributed by atoms with Crippen LogP contribution in [0.5, 0.6) is 0 Å². The fourth-order valence-electron chi connectivity index (χ4n) is 3.47. The predicted molar refractivity (Wildman–Crippen MR) is 81.6 cm³/mol. The summed E-state index contributed by atoms with van der Waals surface area (Å²) in [4.78, 5) is 10.2. The Morgan fingerprint density at radius 2 is 2.14 bits per heavy atom. The summed E-state index contributed by atoms with van der Waals surface area (Å²) < 4.78 is 31.6. The molecule has 0 radical (unpaired) electrons. The quantitative estimate of drug-likeness (QED) is 0.781. The second-order valence-corrected chi connectivity index (χ2v) is 8.04. The largest absolute Gasteiger partial charge is 0.375 e. The van der Waals surface area contributed by atoms with Crippen molar-refractivity contribution in [1.82, 2.24) is 19.2 Å². The van der Waals surface area contributed by atoms with Gasteiger partial charge in [-0.05, 0) is 19.9 Å². The van der Waals surface area contributed by atoms with Gasteiger partial charge in [0.2, 0.25) is 10.0 Å². The first kappa shape index (κ1) is 15.8. The first-order valence-electron chi connectivity index (χ1n) is 7.49. The molecule has 0 aromatic carbocycles. The van der Waals surface area contributed by atoms with Gasteiger partial charge < -0.3 is 4.74 Å². The number of nitrogens with zero attached hydrogens (tertiary/aromatic N) is 4. The maximum atomic E-state index is 12.0. The smallest absolute Gasteiger partial charge is 0.211 e. The van der Waals surface area contributed by atoms with Crippen molar-refractivity contribution in [1.29, 1.82) is 0 Å². The summed E-state index contributed by atoms with van der Waals surface area (Å²) in [6.45, 7) is 1.87. The molecule has 3 rings (SSSR count). The Kier molecular flexibility index (Phi) is 4.44. The van der Waals surface area contributed by atoms with E-state index in [1.54, 1.807) is 16.7 Å². The molecule has 2 aliphatic heterocycles. The van der Waals surface area contributed by atoms with Crippen LogP contribution in [0.3, 0.4) is 0 Å². The predicted octanol–water partition coefficient (Wildman–Crippen LogP) is 0.0998. The first-order valence-corrected chi connectivity index (χ1v) is 9.34. The van der Waals surface area contributed by atoms with Gasteiger partial charge in [0.05, 0.1) is 24.4 Å². The first-order chi connectivity index (χ1) is 10.5. The second kappa shape index (κ2) is 6.19. The third-order valence-corrected chi connectivity index (χ3v) is 5.76. The number of rotatable bonds is 4. The number of hydrogen-bond donors (Lipinski definition) is 0. The maximum Gasteiger partial charge on any atom is 0.211 e. The van der Waals surface area contributed by atoms with Gasteiger partial charge in [-0.2, -0.15) is 4.31 Å². The molecule has 2 saturated heterocycles. The topological polar surface area (TPSA) is 75.6 Å². The Hall–Kier alpha value is -1.09. The third kappa shape index (κ3) is 3.15. The summed E-state index contributed by atoms with van der Waals surface area (Å²) in [7, 11) is -1.21. The van der Waals surface area contributed by atoms with E-state index in [2.05, 4.69) is 14.9 Å². The van der Waals surface area contributed by atoms with Crippen molar-refractivity contribution < 1.29 is 13.2 Å². The highest BCUT2D eigenvalue weighted by molar-refractivity contribution is 7.88. The second-order valence-electron chi connectivity index (χ2n) is 6.11. The molecule has 7 nitrogen and oxygen atoms in total. The van der Waals surface area contributed by atoms with Gasteiger partial charge in [0.15, 0.2) is 0 Å². The zero-order valence-electron chi connectivity index (χ0n) is 12.9. The Morgan fingerprint density at radius 1 is 1.41 bits per heavy atom. The van der Waals surface area contributed by atoms with Crippen molar-refractivity contribution in [3.63, 3.8) is 0 Å². The van der Waals surface area contributed by atoms with Crippen LogP contribution in [0.4, 0.5) is 0 Å². The number of fused-ring (bicyclic) bond motifs is 1. The van der Waals surface area contributed by atoms with Crippen molar-refractivity contribution in [2.75, 3.05) is 26.5 Å². The Bertz CT molecular complexity index is 610. The molecule has 1 aromatic heterocycles. The van der Waals surface area contributed by atoms with Crippen molar-refractivity contribution in [3.8, 4) is 0 Å². The lowest BCUT2D eigenvalue weighted by atomic mass is 10.0. The molecular formula is C14H22N4O3S. The number of hydrogen-bond acceptors (Lipinski definition) is 6. The lowest BCUT2D eigenvalue weighted by Crippen LogP contribution is -2.46. The van der Waals surface area contributed by atoms with Crippen LogP contribution in [-0.2, 0) is 21.3 Å². The van der Waals surface area contributed by atoms with Gasteiger partial charge in [-0.1, -0.05) is 0 Å². The van der Waals surface area contributed by atoms with E-state index in [-0.39, 0.29) is 18.2 Å². The van der Waals surface area contributed by atoms with Gasteiger partial charge >= 0.3 is 0 Å². The molecule has 0 bridgehead atoms. The summed E-state index contributed by atoms with van der Waals surface area (Å²) in [5.41, 5.74) is 1.01. The molecule has 0 unspecified atom stereocenters. The van der Waals surface area contributed by atoms with Crippen molar-refractivity contribution in [2.45, 2.75) is 37.6 Å². The van der Waals surface area contributed by atoms with Crippen LogP contribution in [-0.4, -0.2) is 72.2 Å². The van der Waals surface area contributed by atoms with E-state index in [0.717, 1.165) is 18.4 Å². The Balaban J connectivity index is 1.78. The molecule has 22 heavy (non-hydrogen) atoms. The minimum absolute atomic E-state index is 0.0387. The van der Waals surface area contributed by atoms with Crippen LogP contribution in [0.25, 0.3) is 0 Å². The van der Waals surface area contributed by atoms with Gasteiger partial charge in [-0.3, -0.25) is 4.90 Å².